The van der Waals surface area contributed by atoms with Crippen molar-refractivity contribution in [2.45, 2.75) is 13.0 Å². The Morgan fingerprint density at radius 1 is 1.43 bits per heavy atom. The smallest absolute Gasteiger partial charge is 0.160 e. The number of benzene rings is 1. The Labute approximate surface area is 84.3 Å². The van der Waals surface area contributed by atoms with E-state index in [2.05, 4.69) is 5.32 Å². The number of Topliss-reactive ketones (excluding diaryl/α,β-unsaturated/α-hetero) is 1. The number of ketones is 1. The minimum absolute atomic E-state index is 0.0350. The van der Waals surface area contributed by atoms with Gasteiger partial charge in [0.05, 0.1) is 13.1 Å². The molecule has 0 bridgehead atoms. The highest BCUT2D eigenvalue weighted by molar-refractivity contribution is 5.82. The molecule has 14 heavy (non-hydrogen) atoms. The van der Waals surface area contributed by atoms with E-state index >= 15 is 0 Å². The molecule has 76 valence electrons. The van der Waals surface area contributed by atoms with E-state index in [1.54, 1.807) is 0 Å². The first-order valence-corrected chi connectivity index (χ1v) is 4.74. The summed E-state index contributed by atoms with van der Waals surface area (Å²) in [6.45, 7) is 2.47. The SMILES string of the molecule is CC(NCC(=O)CN)c1ccccc1. The number of nitrogens with one attached hydrogen (secondary N) is 1. The maximum Gasteiger partial charge on any atom is 0.160 e. The van der Waals surface area contributed by atoms with Gasteiger partial charge in [-0.25, -0.2) is 0 Å². The van der Waals surface area contributed by atoms with E-state index in [1.807, 2.05) is 37.3 Å². The van der Waals surface area contributed by atoms with Gasteiger partial charge in [-0.05, 0) is 12.5 Å². The Kier molecular flexibility index (Phi) is 4.29. The zero-order valence-electron chi connectivity index (χ0n) is 8.36. The van der Waals surface area contributed by atoms with Gasteiger partial charge in [-0.2, -0.15) is 0 Å². The molecule has 1 atom stereocenters. The fraction of sp³-hybridized carbons (Fsp3) is 0.364. The number of carbonyl (C=O) groups excluding carboxylic acids is 1. The molecule has 0 saturated carbocycles. The van der Waals surface area contributed by atoms with Crippen LogP contribution in [0.5, 0.6) is 0 Å². The average Bonchev–Trinajstić information content (AvgIpc) is 2.26. The van der Waals surface area contributed by atoms with E-state index < -0.39 is 0 Å². The van der Waals surface area contributed by atoms with E-state index in [9.17, 15) is 4.79 Å². The summed E-state index contributed by atoms with van der Waals surface area (Å²) in [5, 5.41) is 3.12. The second-order valence-electron chi connectivity index (χ2n) is 3.26. The normalized spacial score (nSPS) is 12.4. The molecule has 0 saturated heterocycles. The van der Waals surface area contributed by atoms with Gasteiger partial charge in [0.15, 0.2) is 5.78 Å². The Hall–Kier alpha value is -1.19. The Balaban J connectivity index is 2.43. The molecule has 3 N–H and O–H groups in total. The summed E-state index contributed by atoms with van der Waals surface area (Å²) in [5.74, 6) is 0.0350. The molecule has 0 aromatic heterocycles. The predicted octanol–water partition coefficient (Wildman–Crippen LogP) is 0.865. The monoisotopic (exact) mass is 192 g/mol. The lowest BCUT2D eigenvalue weighted by Crippen LogP contribution is -2.30. The fourth-order valence-corrected chi connectivity index (χ4v) is 1.20. The van der Waals surface area contributed by atoms with Crippen LogP contribution in [0.4, 0.5) is 0 Å². The van der Waals surface area contributed by atoms with Gasteiger partial charge in [-0.1, -0.05) is 30.3 Å². The second-order valence-corrected chi connectivity index (χ2v) is 3.26. The van der Waals surface area contributed by atoms with Gasteiger partial charge in [0.25, 0.3) is 0 Å². The van der Waals surface area contributed by atoms with Crippen molar-refractivity contribution < 1.29 is 4.79 Å². The van der Waals surface area contributed by atoms with E-state index in [0.717, 1.165) is 0 Å². The first-order chi connectivity index (χ1) is 6.74. The van der Waals surface area contributed by atoms with Gasteiger partial charge in [0.2, 0.25) is 0 Å². The quantitative estimate of drug-likeness (QED) is 0.727. The van der Waals surface area contributed by atoms with Crippen molar-refractivity contribution in [1.82, 2.24) is 5.32 Å². The number of nitrogens with two attached hydrogens (primary N) is 1. The van der Waals surface area contributed by atoms with Crippen LogP contribution in [0.3, 0.4) is 0 Å². The molecule has 0 amide bonds. The van der Waals surface area contributed by atoms with E-state index in [-0.39, 0.29) is 18.4 Å². The number of carbonyl (C=O) groups is 1. The highest BCUT2D eigenvalue weighted by atomic mass is 16.1. The van der Waals surface area contributed by atoms with Crippen LogP contribution < -0.4 is 11.1 Å². The topological polar surface area (TPSA) is 55.1 Å². The molecule has 0 fully saturated rings. The molecular weight excluding hydrogens is 176 g/mol. The van der Waals surface area contributed by atoms with Crippen molar-refractivity contribution in [2.75, 3.05) is 13.1 Å². The molecule has 0 aliphatic carbocycles. The molecule has 0 spiro atoms. The zero-order chi connectivity index (χ0) is 10.4. The molecule has 0 aliphatic rings. The maximum atomic E-state index is 11.0. The number of hydrogen-bond acceptors (Lipinski definition) is 3. The van der Waals surface area contributed by atoms with Crippen molar-refractivity contribution in [2.24, 2.45) is 5.73 Å². The van der Waals surface area contributed by atoms with Crippen LogP contribution in [0.1, 0.15) is 18.5 Å². The van der Waals surface area contributed by atoms with Crippen LogP contribution in [0.25, 0.3) is 0 Å². The van der Waals surface area contributed by atoms with Crippen molar-refractivity contribution in [3.63, 3.8) is 0 Å². The van der Waals surface area contributed by atoms with Crippen LogP contribution in [-0.4, -0.2) is 18.9 Å². The van der Waals surface area contributed by atoms with Crippen LogP contribution in [0, 0.1) is 0 Å². The lowest BCUT2D eigenvalue weighted by atomic mass is 10.1. The summed E-state index contributed by atoms with van der Waals surface area (Å²) in [5.41, 5.74) is 6.39. The first kappa shape index (κ1) is 10.9. The van der Waals surface area contributed by atoms with E-state index in [1.165, 1.54) is 5.56 Å². The molecule has 1 aromatic rings. The molecular formula is C11H16N2O. The van der Waals surface area contributed by atoms with Gasteiger partial charge in [-0.15, -0.1) is 0 Å². The van der Waals surface area contributed by atoms with Crippen molar-refractivity contribution in [3.05, 3.63) is 35.9 Å². The minimum atomic E-state index is 0.0350. The second kappa shape index (κ2) is 5.52. The minimum Gasteiger partial charge on any atom is -0.324 e. The van der Waals surface area contributed by atoms with Crippen LogP contribution in [0.15, 0.2) is 30.3 Å². The van der Waals surface area contributed by atoms with Crippen LogP contribution >= 0.6 is 0 Å². The molecule has 3 nitrogen and oxygen atoms in total. The van der Waals surface area contributed by atoms with Gasteiger partial charge in [0, 0.05) is 6.04 Å². The van der Waals surface area contributed by atoms with Gasteiger partial charge in [0.1, 0.15) is 0 Å². The number of rotatable bonds is 5. The largest absolute Gasteiger partial charge is 0.324 e. The molecule has 1 rings (SSSR count). The number of hydrogen-bond donors (Lipinski definition) is 2. The lowest BCUT2D eigenvalue weighted by molar-refractivity contribution is -0.117. The first-order valence-electron chi connectivity index (χ1n) is 4.74. The maximum absolute atomic E-state index is 11.0. The third-order valence-electron chi connectivity index (χ3n) is 2.13. The highest BCUT2D eigenvalue weighted by Gasteiger charge is 2.05. The molecule has 3 heteroatoms. The summed E-state index contributed by atoms with van der Waals surface area (Å²) in [6, 6.07) is 10.2. The Morgan fingerprint density at radius 3 is 2.64 bits per heavy atom. The summed E-state index contributed by atoms with van der Waals surface area (Å²) < 4.78 is 0. The molecule has 0 aliphatic heterocycles. The van der Waals surface area contributed by atoms with E-state index in [4.69, 9.17) is 5.73 Å². The van der Waals surface area contributed by atoms with Crippen molar-refractivity contribution in [3.8, 4) is 0 Å². The third kappa shape index (κ3) is 3.28. The molecule has 0 heterocycles. The average molecular weight is 192 g/mol. The summed E-state index contributed by atoms with van der Waals surface area (Å²) in [6.07, 6.45) is 0. The summed E-state index contributed by atoms with van der Waals surface area (Å²) in [4.78, 5) is 11.0. The summed E-state index contributed by atoms with van der Waals surface area (Å²) >= 11 is 0. The van der Waals surface area contributed by atoms with Gasteiger partial charge >= 0.3 is 0 Å². The molecule has 1 unspecified atom stereocenters. The lowest BCUT2D eigenvalue weighted by Gasteiger charge is -2.12. The van der Waals surface area contributed by atoms with Crippen LogP contribution in [-0.2, 0) is 4.79 Å². The zero-order valence-corrected chi connectivity index (χ0v) is 8.36. The van der Waals surface area contributed by atoms with Gasteiger partial charge < -0.3 is 11.1 Å². The predicted molar refractivity (Wildman–Crippen MR) is 56.9 cm³/mol. The standard InChI is InChI=1S/C11H16N2O/c1-9(13-8-11(14)7-12)10-5-3-2-4-6-10/h2-6,9,13H,7-8,12H2,1H3. The Bertz CT molecular complexity index is 285. The van der Waals surface area contributed by atoms with Crippen molar-refractivity contribution in [1.29, 1.82) is 0 Å². The van der Waals surface area contributed by atoms with Crippen molar-refractivity contribution >= 4 is 5.78 Å². The van der Waals surface area contributed by atoms with Crippen LogP contribution in [0.2, 0.25) is 0 Å². The molecule has 0 radical (unpaired) electrons. The third-order valence-corrected chi connectivity index (χ3v) is 2.13. The van der Waals surface area contributed by atoms with E-state index in [0.29, 0.717) is 6.54 Å². The summed E-state index contributed by atoms with van der Waals surface area (Å²) in [7, 11) is 0. The fourth-order valence-electron chi connectivity index (χ4n) is 1.20. The Morgan fingerprint density at radius 2 is 2.07 bits per heavy atom. The molecule has 1 aromatic carbocycles. The highest BCUT2D eigenvalue weighted by Crippen LogP contribution is 2.10. The van der Waals surface area contributed by atoms with Gasteiger partial charge in [-0.3, -0.25) is 4.79 Å².